The molecule has 0 fully saturated rings. The molecule has 1 heterocycles. The molecule has 0 saturated heterocycles. The molecule has 8 nitrogen and oxygen atoms in total. The van der Waals surface area contributed by atoms with Gasteiger partial charge >= 0.3 is 5.97 Å². The predicted molar refractivity (Wildman–Crippen MR) is 127 cm³/mol. The molecule has 0 aliphatic carbocycles. The third kappa shape index (κ3) is 4.75. The number of benzene rings is 3. The molecule has 34 heavy (non-hydrogen) atoms. The lowest BCUT2D eigenvalue weighted by molar-refractivity contribution is -0.115. The highest BCUT2D eigenvalue weighted by Gasteiger charge is 2.20. The van der Waals surface area contributed by atoms with Crippen LogP contribution in [0.2, 0.25) is 0 Å². The van der Waals surface area contributed by atoms with Gasteiger partial charge in [0.1, 0.15) is 0 Å². The Hall–Kier alpha value is -4.59. The van der Waals surface area contributed by atoms with E-state index in [1.807, 2.05) is 0 Å². The average molecular weight is 455 g/mol. The minimum atomic E-state index is -0.818. The summed E-state index contributed by atoms with van der Waals surface area (Å²) in [5.41, 5.74) is 0.960. The summed E-state index contributed by atoms with van der Waals surface area (Å²) in [5.74, 6) is -1.37. The highest BCUT2D eigenvalue weighted by atomic mass is 16.5. The van der Waals surface area contributed by atoms with Gasteiger partial charge in [-0.05, 0) is 42.5 Å². The molecule has 4 rings (SSSR count). The number of hydrogen-bond acceptors (Lipinski definition) is 6. The summed E-state index contributed by atoms with van der Waals surface area (Å²) in [4.78, 5) is 49.8. The number of anilines is 1. The van der Waals surface area contributed by atoms with Gasteiger partial charge in [0.25, 0.3) is 5.56 Å². The van der Waals surface area contributed by atoms with Crippen LogP contribution < -0.4 is 10.9 Å². The summed E-state index contributed by atoms with van der Waals surface area (Å²) >= 11 is 0. The normalized spacial score (nSPS) is 10.6. The third-order valence-corrected chi connectivity index (χ3v) is 5.15. The summed E-state index contributed by atoms with van der Waals surface area (Å²) in [5, 5.41) is 7.60. The molecule has 0 aliphatic heterocycles. The van der Waals surface area contributed by atoms with E-state index >= 15 is 0 Å². The van der Waals surface area contributed by atoms with E-state index in [-0.39, 0.29) is 17.2 Å². The standard InChI is InChI=1S/C26H21N3O5/c1-2-23(31)27-18-14-12-17(13-15-18)22(30)16-34-26(33)24-20-10-6-7-11-21(20)25(32)29(28-24)19-8-4-3-5-9-19/h3-15H,2,16H2,1H3,(H,27,31). The van der Waals surface area contributed by atoms with E-state index < -0.39 is 18.4 Å². The van der Waals surface area contributed by atoms with Crippen LogP contribution in [0.25, 0.3) is 16.5 Å². The molecule has 0 saturated carbocycles. The number of aromatic nitrogens is 2. The fraction of sp³-hybridized carbons (Fsp3) is 0.115. The maximum atomic E-state index is 12.9. The van der Waals surface area contributed by atoms with Gasteiger partial charge in [0.2, 0.25) is 5.91 Å². The molecule has 8 heteroatoms. The number of esters is 1. The maximum absolute atomic E-state index is 12.9. The van der Waals surface area contributed by atoms with Crippen LogP contribution in [0.1, 0.15) is 34.2 Å². The summed E-state index contributed by atoms with van der Waals surface area (Å²) in [6, 6.07) is 21.6. The van der Waals surface area contributed by atoms with Crippen LogP contribution in [0, 0.1) is 0 Å². The highest BCUT2D eigenvalue weighted by molar-refractivity contribution is 6.04. The number of rotatable bonds is 7. The molecule has 0 bridgehead atoms. The van der Waals surface area contributed by atoms with Gasteiger partial charge in [-0.1, -0.05) is 43.3 Å². The van der Waals surface area contributed by atoms with E-state index in [4.69, 9.17) is 4.74 Å². The molecule has 1 amide bonds. The van der Waals surface area contributed by atoms with Crippen LogP contribution in [-0.2, 0) is 9.53 Å². The lowest BCUT2D eigenvalue weighted by Gasteiger charge is -2.11. The molecular weight excluding hydrogens is 434 g/mol. The number of Topliss-reactive ketones (excluding diaryl/α,β-unsaturated/α-hetero) is 1. The second-order valence-electron chi connectivity index (χ2n) is 7.43. The smallest absolute Gasteiger partial charge is 0.359 e. The van der Waals surface area contributed by atoms with Crippen molar-refractivity contribution in [1.29, 1.82) is 0 Å². The van der Waals surface area contributed by atoms with Crippen molar-refractivity contribution in [3.63, 3.8) is 0 Å². The Bertz CT molecular complexity index is 1430. The van der Waals surface area contributed by atoms with Crippen LogP contribution in [0.5, 0.6) is 0 Å². The van der Waals surface area contributed by atoms with Crippen molar-refractivity contribution in [2.24, 2.45) is 0 Å². The molecule has 0 radical (unpaired) electrons. The minimum absolute atomic E-state index is 0.0653. The third-order valence-electron chi connectivity index (χ3n) is 5.15. The molecule has 0 spiro atoms. The molecule has 1 N–H and O–H groups in total. The van der Waals surface area contributed by atoms with Crippen molar-refractivity contribution in [1.82, 2.24) is 9.78 Å². The van der Waals surface area contributed by atoms with Gasteiger partial charge in [0.15, 0.2) is 18.1 Å². The van der Waals surface area contributed by atoms with Gasteiger partial charge < -0.3 is 10.1 Å². The summed E-state index contributed by atoms with van der Waals surface area (Å²) < 4.78 is 6.40. The van der Waals surface area contributed by atoms with Gasteiger partial charge in [0, 0.05) is 23.1 Å². The molecule has 0 atom stereocenters. The molecular formula is C26H21N3O5. The largest absolute Gasteiger partial charge is 0.452 e. The Morgan fingerprint density at radius 1 is 0.882 bits per heavy atom. The van der Waals surface area contributed by atoms with E-state index in [1.54, 1.807) is 85.8 Å². The lowest BCUT2D eigenvalue weighted by Crippen LogP contribution is -2.25. The van der Waals surface area contributed by atoms with E-state index in [1.165, 1.54) is 0 Å². The quantitative estimate of drug-likeness (QED) is 0.336. The first kappa shape index (κ1) is 22.6. The minimum Gasteiger partial charge on any atom is -0.452 e. The number of nitrogens with one attached hydrogen (secondary N) is 1. The Morgan fingerprint density at radius 2 is 1.53 bits per heavy atom. The Morgan fingerprint density at radius 3 is 2.21 bits per heavy atom. The van der Waals surface area contributed by atoms with Crippen LogP contribution in [0.4, 0.5) is 5.69 Å². The van der Waals surface area contributed by atoms with E-state index in [9.17, 15) is 19.2 Å². The van der Waals surface area contributed by atoms with Gasteiger partial charge in [0.05, 0.1) is 11.1 Å². The number of ketones is 1. The summed E-state index contributed by atoms with van der Waals surface area (Å²) in [6.45, 7) is 1.24. The van der Waals surface area contributed by atoms with E-state index in [0.29, 0.717) is 34.1 Å². The molecule has 0 aliphatic rings. The molecule has 3 aromatic carbocycles. The van der Waals surface area contributed by atoms with Crippen molar-refractivity contribution < 1.29 is 19.1 Å². The number of carbonyl (C=O) groups is 3. The zero-order chi connectivity index (χ0) is 24.1. The first-order valence-corrected chi connectivity index (χ1v) is 10.7. The van der Waals surface area contributed by atoms with Gasteiger partial charge in [-0.3, -0.25) is 14.4 Å². The van der Waals surface area contributed by atoms with Crippen molar-refractivity contribution in [3.8, 4) is 5.69 Å². The zero-order valence-corrected chi connectivity index (χ0v) is 18.4. The first-order chi connectivity index (χ1) is 16.5. The number of hydrogen-bond donors (Lipinski definition) is 1. The highest BCUT2D eigenvalue weighted by Crippen LogP contribution is 2.17. The number of carbonyl (C=O) groups excluding carboxylic acids is 3. The first-order valence-electron chi connectivity index (χ1n) is 10.7. The van der Waals surface area contributed by atoms with Crippen molar-refractivity contribution in [2.45, 2.75) is 13.3 Å². The lowest BCUT2D eigenvalue weighted by atomic mass is 10.1. The monoisotopic (exact) mass is 455 g/mol. The second kappa shape index (κ2) is 9.91. The Balaban J connectivity index is 1.56. The number of ether oxygens (including phenoxy) is 1. The number of amides is 1. The van der Waals surface area contributed by atoms with Crippen LogP contribution in [0.15, 0.2) is 83.7 Å². The van der Waals surface area contributed by atoms with E-state index in [0.717, 1.165) is 4.68 Å². The van der Waals surface area contributed by atoms with Crippen LogP contribution >= 0.6 is 0 Å². The molecule has 0 unspecified atom stereocenters. The van der Waals surface area contributed by atoms with Crippen molar-refractivity contribution >= 4 is 34.1 Å². The number of fused-ring (bicyclic) bond motifs is 1. The molecule has 1 aromatic heterocycles. The Labute approximate surface area is 194 Å². The fourth-order valence-electron chi connectivity index (χ4n) is 3.36. The SMILES string of the molecule is CCC(=O)Nc1ccc(C(=O)COC(=O)c2nn(-c3ccccc3)c(=O)c3ccccc23)cc1. The van der Waals surface area contributed by atoms with Crippen molar-refractivity contribution in [2.75, 3.05) is 11.9 Å². The Kier molecular flexibility index (Phi) is 6.59. The zero-order valence-electron chi connectivity index (χ0n) is 18.4. The fourth-order valence-corrected chi connectivity index (χ4v) is 3.36. The van der Waals surface area contributed by atoms with Gasteiger partial charge in [-0.15, -0.1) is 0 Å². The van der Waals surface area contributed by atoms with E-state index in [2.05, 4.69) is 10.4 Å². The van der Waals surface area contributed by atoms with Gasteiger partial charge in [-0.2, -0.15) is 9.78 Å². The van der Waals surface area contributed by atoms with Gasteiger partial charge in [-0.25, -0.2) is 4.79 Å². The van der Waals surface area contributed by atoms with Crippen LogP contribution in [0.3, 0.4) is 0 Å². The summed E-state index contributed by atoms with van der Waals surface area (Å²) in [6.07, 6.45) is 0.344. The van der Waals surface area contributed by atoms with Crippen LogP contribution in [-0.4, -0.2) is 34.0 Å². The summed E-state index contributed by atoms with van der Waals surface area (Å²) in [7, 11) is 0. The molecule has 170 valence electrons. The number of nitrogens with zero attached hydrogens (tertiary/aromatic N) is 2. The average Bonchev–Trinajstić information content (AvgIpc) is 2.88. The molecule has 4 aromatic rings. The predicted octanol–water partition coefficient (Wildman–Crippen LogP) is 3.77. The maximum Gasteiger partial charge on any atom is 0.359 e. The second-order valence-corrected chi connectivity index (χ2v) is 7.43. The number of para-hydroxylation sites is 1. The van der Waals surface area contributed by atoms with Crippen molar-refractivity contribution in [3.05, 3.63) is 100 Å². The topological polar surface area (TPSA) is 107 Å².